The molecule has 1 aromatic carbocycles. The van der Waals surface area contributed by atoms with Crippen LogP contribution in [0.4, 0.5) is 17.6 Å². The SMILES string of the molecule is Cn1cnnc1CC1(c2cccc(-c3n[nH]c4c(CN5CC[C@H](F)C5)cc(C(F)(F)F)nc34)c2)COC1. The summed E-state index contributed by atoms with van der Waals surface area (Å²) in [5.74, 6) is 0.817. The van der Waals surface area contributed by atoms with E-state index in [2.05, 4.69) is 25.4 Å². The normalized spacial score (nSPS) is 20.0. The molecule has 5 heterocycles. The predicted molar refractivity (Wildman–Crippen MR) is 126 cm³/mol. The molecule has 1 N–H and O–H groups in total. The Kier molecular flexibility index (Phi) is 5.75. The maximum atomic E-state index is 13.8. The van der Waals surface area contributed by atoms with Gasteiger partial charge in [0.2, 0.25) is 0 Å². The van der Waals surface area contributed by atoms with Crippen molar-refractivity contribution in [1.82, 2.24) is 34.8 Å². The van der Waals surface area contributed by atoms with Crippen LogP contribution in [-0.4, -0.2) is 67.3 Å². The van der Waals surface area contributed by atoms with Crippen LogP contribution in [0.25, 0.3) is 22.3 Å². The smallest absolute Gasteiger partial charge is 0.379 e. The zero-order valence-corrected chi connectivity index (χ0v) is 20.1. The number of ether oxygens (including phenoxy) is 1. The van der Waals surface area contributed by atoms with Crippen molar-refractivity contribution >= 4 is 11.0 Å². The van der Waals surface area contributed by atoms with Gasteiger partial charge in [0.05, 0.1) is 18.7 Å². The number of alkyl halides is 4. The van der Waals surface area contributed by atoms with E-state index in [0.29, 0.717) is 54.9 Å². The number of H-pyrrole nitrogens is 1. The molecule has 6 rings (SSSR count). The molecule has 0 aliphatic carbocycles. The molecule has 12 heteroatoms. The largest absolute Gasteiger partial charge is 0.433 e. The van der Waals surface area contributed by atoms with Gasteiger partial charge in [0.25, 0.3) is 0 Å². The van der Waals surface area contributed by atoms with Crippen molar-refractivity contribution in [3.8, 4) is 11.3 Å². The van der Waals surface area contributed by atoms with Gasteiger partial charge < -0.3 is 9.30 Å². The lowest BCUT2D eigenvalue weighted by molar-refractivity contribution is -0.141. The minimum absolute atomic E-state index is 0.144. The molecular weight excluding hydrogens is 490 g/mol. The highest BCUT2D eigenvalue weighted by atomic mass is 19.4. The van der Waals surface area contributed by atoms with Crippen molar-refractivity contribution in [2.75, 3.05) is 26.3 Å². The summed E-state index contributed by atoms with van der Waals surface area (Å²) in [5.41, 5.74) is 1.62. The number of nitrogens with zero attached hydrogens (tertiary/aromatic N) is 6. The second-order valence-corrected chi connectivity index (χ2v) is 9.97. The molecule has 0 radical (unpaired) electrons. The first-order valence-electron chi connectivity index (χ1n) is 12.0. The monoisotopic (exact) mass is 515 g/mol. The number of hydrogen-bond donors (Lipinski definition) is 1. The Labute approximate surface area is 209 Å². The summed E-state index contributed by atoms with van der Waals surface area (Å²) in [6.07, 6.45) is -2.96. The van der Waals surface area contributed by atoms with E-state index in [1.165, 1.54) is 0 Å². The summed E-state index contributed by atoms with van der Waals surface area (Å²) < 4.78 is 62.6. The molecule has 2 fully saturated rings. The standard InChI is InChI=1S/C25H25F4N7O/c1-35-14-30-32-20(35)9-24(12-37-13-24)17-4-2-3-15(7-17)21-23-22(34-33-21)16(8-19(31-23)25(27,28)29)10-36-6-5-18(26)11-36/h2-4,7-8,14,18H,5-6,9-13H2,1H3,(H,33,34)/t18-/m0/s1. The van der Waals surface area contributed by atoms with E-state index < -0.39 is 18.0 Å². The Morgan fingerprint density at radius 3 is 2.70 bits per heavy atom. The van der Waals surface area contributed by atoms with Gasteiger partial charge in [-0.3, -0.25) is 10.00 Å². The molecule has 0 amide bonds. The van der Waals surface area contributed by atoms with Crippen molar-refractivity contribution in [1.29, 1.82) is 0 Å². The Morgan fingerprint density at radius 2 is 2.05 bits per heavy atom. The lowest BCUT2D eigenvalue weighted by Gasteiger charge is -2.41. The molecule has 1 atom stereocenters. The Hall–Kier alpha value is -3.38. The average Bonchev–Trinajstić information content (AvgIpc) is 3.56. The van der Waals surface area contributed by atoms with Crippen molar-refractivity contribution in [2.24, 2.45) is 7.05 Å². The molecule has 2 saturated heterocycles. The van der Waals surface area contributed by atoms with Crippen LogP contribution < -0.4 is 0 Å². The number of fused-ring (bicyclic) bond motifs is 1. The number of likely N-dealkylation sites (tertiary alicyclic amines) is 1. The molecule has 37 heavy (non-hydrogen) atoms. The van der Waals surface area contributed by atoms with Crippen LogP contribution in [0.2, 0.25) is 0 Å². The van der Waals surface area contributed by atoms with Crippen LogP contribution >= 0.6 is 0 Å². The van der Waals surface area contributed by atoms with E-state index in [1.54, 1.807) is 6.33 Å². The lowest BCUT2D eigenvalue weighted by atomic mass is 9.75. The second kappa shape index (κ2) is 8.88. The quantitative estimate of drug-likeness (QED) is 0.393. The number of aromatic amines is 1. The molecule has 3 aromatic heterocycles. The predicted octanol–water partition coefficient (Wildman–Crippen LogP) is 3.83. The molecule has 4 aromatic rings. The fourth-order valence-corrected chi connectivity index (χ4v) is 5.19. The highest BCUT2D eigenvalue weighted by Crippen LogP contribution is 2.39. The third-order valence-corrected chi connectivity index (χ3v) is 7.31. The Balaban J connectivity index is 1.40. The van der Waals surface area contributed by atoms with Gasteiger partial charge >= 0.3 is 6.18 Å². The summed E-state index contributed by atoms with van der Waals surface area (Å²) in [6.45, 7) is 1.87. The number of hydrogen-bond acceptors (Lipinski definition) is 6. The summed E-state index contributed by atoms with van der Waals surface area (Å²) in [4.78, 5) is 5.79. The molecule has 194 valence electrons. The van der Waals surface area contributed by atoms with Gasteiger partial charge in [-0.05, 0) is 29.7 Å². The highest BCUT2D eigenvalue weighted by molar-refractivity contribution is 5.91. The summed E-state index contributed by atoms with van der Waals surface area (Å²) in [7, 11) is 1.88. The van der Waals surface area contributed by atoms with Crippen molar-refractivity contribution in [3.63, 3.8) is 0 Å². The minimum Gasteiger partial charge on any atom is -0.379 e. The minimum atomic E-state index is -4.63. The van der Waals surface area contributed by atoms with Crippen LogP contribution in [0.1, 0.15) is 29.1 Å². The topological polar surface area (TPSA) is 84.8 Å². The van der Waals surface area contributed by atoms with Gasteiger partial charge in [-0.15, -0.1) is 10.2 Å². The first kappa shape index (κ1) is 24.0. The number of rotatable bonds is 6. The van der Waals surface area contributed by atoms with Crippen LogP contribution in [0.15, 0.2) is 36.7 Å². The van der Waals surface area contributed by atoms with Gasteiger partial charge in [0.15, 0.2) is 0 Å². The van der Waals surface area contributed by atoms with Gasteiger partial charge in [0, 0.05) is 44.1 Å². The fourth-order valence-electron chi connectivity index (χ4n) is 5.19. The number of nitrogens with one attached hydrogen (secondary N) is 1. The van der Waals surface area contributed by atoms with E-state index >= 15 is 0 Å². The first-order chi connectivity index (χ1) is 17.7. The fraction of sp³-hybridized carbons (Fsp3) is 0.440. The first-order valence-corrected chi connectivity index (χ1v) is 12.0. The van der Waals surface area contributed by atoms with E-state index in [0.717, 1.165) is 17.5 Å². The van der Waals surface area contributed by atoms with E-state index in [-0.39, 0.29) is 24.0 Å². The third-order valence-electron chi connectivity index (χ3n) is 7.31. The van der Waals surface area contributed by atoms with E-state index in [1.807, 2.05) is 40.8 Å². The van der Waals surface area contributed by atoms with E-state index in [4.69, 9.17) is 4.74 Å². The van der Waals surface area contributed by atoms with Crippen molar-refractivity contribution in [3.05, 3.63) is 59.3 Å². The Bertz CT molecular complexity index is 1440. The van der Waals surface area contributed by atoms with Crippen molar-refractivity contribution in [2.45, 2.75) is 37.1 Å². The molecular formula is C25H25F4N7O. The third kappa shape index (κ3) is 4.37. The summed E-state index contributed by atoms with van der Waals surface area (Å²) in [6, 6.07) is 8.63. The van der Waals surface area contributed by atoms with Gasteiger partial charge in [-0.1, -0.05) is 18.2 Å². The Morgan fingerprint density at radius 1 is 1.22 bits per heavy atom. The number of aryl methyl sites for hydroxylation is 1. The van der Waals surface area contributed by atoms with Crippen LogP contribution in [0, 0.1) is 0 Å². The lowest BCUT2D eigenvalue weighted by Crippen LogP contribution is -2.49. The second-order valence-electron chi connectivity index (χ2n) is 9.97. The molecule has 0 bridgehead atoms. The molecule has 2 aliphatic heterocycles. The zero-order chi connectivity index (χ0) is 25.8. The van der Waals surface area contributed by atoms with Crippen LogP contribution in [0.5, 0.6) is 0 Å². The average molecular weight is 516 g/mol. The molecule has 0 saturated carbocycles. The maximum absolute atomic E-state index is 13.8. The number of pyridine rings is 1. The zero-order valence-electron chi connectivity index (χ0n) is 20.1. The van der Waals surface area contributed by atoms with Crippen LogP contribution in [0.3, 0.4) is 0 Å². The van der Waals surface area contributed by atoms with E-state index in [9.17, 15) is 17.6 Å². The highest BCUT2D eigenvalue weighted by Gasteiger charge is 2.42. The van der Waals surface area contributed by atoms with Gasteiger partial charge in [0.1, 0.15) is 35.2 Å². The molecule has 0 spiro atoms. The van der Waals surface area contributed by atoms with Crippen molar-refractivity contribution < 1.29 is 22.3 Å². The summed E-state index contributed by atoms with van der Waals surface area (Å²) in [5, 5.41) is 15.5. The number of halogens is 4. The maximum Gasteiger partial charge on any atom is 0.433 e. The van der Waals surface area contributed by atoms with Gasteiger partial charge in [-0.2, -0.15) is 18.3 Å². The van der Waals surface area contributed by atoms with Crippen LogP contribution in [-0.2, 0) is 36.3 Å². The van der Waals surface area contributed by atoms with Gasteiger partial charge in [-0.25, -0.2) is 9.37 Å². The summed E-state index contributed by atoms with van der Waals surface area (Å²) >= 11 is 0. The molecule has 2 aliphatic rings. The number of benzene rings is 1. The molecule has 0 unspecified atom stereocenters. The number of aromatic nitrogens is 6. The molecule has 8 nitrogen and oxygen atoms in total.